The predicted molar refractivity (Wildman–Crippen MR) is 120 cm³/mol. The molecule has 170 valence electrons. The first-order chi connectivity index (χ1) is 15.1. The van der Waals surface area contributed by atoms with Gasteiger partial charge in [-0.1, -0.05) is 43.0 Å². The highest BCUT2D eigenvalue weighted by molar-refractivity contribution is 5.98. The summed E-state index contributed by atoms with van der Waals surface area (Å²) in [5.74, 6) is 0.594. The third kappa shape index (κ3) is 6.47. The molecule has 0 unspecified atom stereocenters. The minimum absolute atomic E-state index is 0.0523. The Morgan fingerprint density at radius 2 is 2.00 bits per heavy atom. The summed E-state index contributed by atoms with van der Waals surface area (Å²) in [5, 5.41) is 4.23. The third-order valence-electron chi connectivity index (χ3n) is 4.55. The SMILES string of the molecule is C=C/C(=C\C=C(/C)OCc1c(C(=NC(=C)c2cccc(C)c2)OC)cnn1C)C(F)(F)F. The number of ether oxygens (including phenoxy) is 2. The first-order valence-corrected chi connectivity index (χ1v) is 9.67. The lowest BCUT2D eigenvalue weighted by molar-refractivity contribution is -0.0881. The molecule has 8 heteroatoms. The molecular weight excluding hydrogens is 419 g/mol. The van der Waals surface area contributed by atoms with Crippen molar-refractivity contribution in [2.45, 2.75) is 26.6 Å². The van der Waals surface area contributed by atoms with Crippen molar-refractivity contribution in [3.8, 4) is 0 Å². The summed E-state index contributed by atoms with van der Waals surface area (Å²) in [5.41, 5.74) is 2.83. The third-order valence-corrected chi connectivity index (χ3v) is 4.55. The number of hydrogen-bond donors (Lipinski definition) is 0. The van der Waals surface area contributed by atoms with Gasteiger partial charge in [-0.2, -0.15) is 18.3 Å². The zero-order chi connectivity index (χ0) is 23.9. The van der Waals surface area contributed by atoms with E-state index in [-0.39, 0.29) is 6.61 Å². The Bertz CT molecular complexity index is 1080. The normalized spacial score (nSPS) is 13.2. The highest BCUT2D eigenvalue weighted by Gasteiger charge is 2.30. The topological polar surface area (TPSA) is 48.6 Å². The van der Waals surface area contributed by atoms with E-state index in [0.29, 0.717) is 28.6 Å². The second-order valence-corrected chi connectivity index (χ2v) is 6.96. The van der Waals surface area contributed by atoms with Crippen LogP contribution < -0.4 is 0 Å². The Labute approximate surface area is 185 Å². The summed E-state index contributed by atoms with van der Waals surface area (Å²) < 4.78 is 51.1. The Morgan fingerprint density at radius 1 is 1.28 bits per heavy atom. The first kappa shape index (κ1) is 24.7. The molecule has 1 aromatic carbocycles. The van der Waals surface area contributed by atoms with Crippen LogP contribution in [0.2, 0.25) is 0 Å². The Kier molecular flexibility index (Phi) is 8.23. The summed E-state index contributed by atoms with van der Waals surface area (Å²) >= 11 is 0. The van der Waals surface area contributed by atoms with Gasteiger partial charge >= 0.3 is 6.18 Å². The van der Waals surface area contributed by atoms with E-state index in [0.717, 1.165) is 23.3 Å². The number of nitrogens with zero attached hydrogens (tertiary/aromatic N) is 3. The number of aromatic nitrogens is 2. The van der Waals surface area contributed by atoms with Crippen molar-refractivity contribution in [1.82, 2.24) is 9.78 Å². The minimum atomic E-state index is -4.47. The number of allylic oxidation sites excluding steroid dienone is 5. The van der Waals surface area contributed by atoms with E-state index in [1.807, 2.05) is 31.2 Å². The maximum absolute atomic E-state index is 12.8. The molecule has 0 spiro atoms. The molecule has 0 amide bonds. The fourth-order valence-corrected chi connectivity index (χ4v) is 2.76. The minimum Gasteiger partial charge on any atom is -0.492 e. The van der Waals surface area contributed by atoms with Crippen molar-refractivity contribution in [3.05, 3.63) is 95.6 Å². The summed E-state index contributed by atoms with van der Waals surface area (Å²) in [7, 11) is 3.22. The smallest absolute Gasteiger partial charge is 0.416 e. The number of alkyl halides is 3. The van der Waals surface area contributed by atoms with Gasteiger partial charge in [0.25, 0.3) is 0 Å². The van der Waals surface area contributed by atoms with E-state index < -0.39 is 11.7 Å². The maximum Gasteiger partial charge on any atom is 0.416 e. The van der Waals surface area contributed by atoms with Crippen molar-refractivity contribution in [2.75, 3.05) is 7.11 Å². The number of aliphatic imine (C=N–C) groups is 1. The van der Waals surface area contributed by atoms with Gasteiger partial charge in [-0.25, -0.2) is 4.99 Å². The molecule has 1 heterocycles. The molecule has 0 saturated heterocycles. The quantitative estimate of drug-likeness (QED) is 0.220. The van der Waals surface area contributed by atoms with E-state index in [1.165, 1.54) is 13.2 Å². The summed E-state index contributed by atoms with van der Waals surface area (Å²) in [6, 6.07) is 7.76. The summed E-state index contributed by atoms with van der Waals surface area (Å²) in [4.78, 5) is 4.51. The molecule has 0 saturated carbocycles. The second kappa shape index (κ2) is 10.7. The van der Waals surface area contributed by atoms with Gasteiger partial charge in [0.05, 0.1) is 41.6 Å². The molecule has 5 nitrogen and oxygen atoms in total. The fraction of sp³-hybridized carbons (Fsp3) is 0.250. The molecule has 32 heavy (non-hydrogen) atoms. The Balaban J connectivity index is 2.25. The second-order valence-electron chi connectivity index (χ2n) is 6.96. The number of benzene rings is 1. The van der Waals surface area contributed by atoms with Crippen LogP contribution in [-0.2, 0) is 23.1 Å². The molecule has 0 fully saturated rings. The average Bonchev–Trinajstić information content (AvgIpc) is 3.09. The van der Waals surface area contributed by atoms with Gasteiger partial charge < -0.3 is 9.47 Å². The number of methoxy groups -OCH3 is 1. The van der Waals surface area contributed by atoms with Gasteiger partial charge in [-0.3, -0.25) is 4.68 Å². The van der Waals surface area contributed by atoms with Crippen molar-refractivity contribution in [2.24, 2.45) is 12.0 Å². The standard InChI is InChI=1S/C24H26F3N3O2/c1-7-20(24(25,26)27)12-11-17(3)32-15-22-21(14-28-30(22)5)23(31-6)29-18(4)19-10-8-9-16(2)13-19/h7-14H,1,4,15H2,2-3,5-6H3/b17-11+,20-12+,29-23?. The molecule has 0 atom stereocenters. The molecule has 0 aliphatic heterocycles. The number of rotatable bonds is 8. The van der Waals surface area contributed by atoms with Gasteiger partial charge in [-0.15, -0.1) is 0 Å². The van der Waals surface area contributed by atoms with Gasteiger partial charge in [-0.05, 0) is 37.6 Å². The van der Waals surface area contributed by atoms with Gasteiger partial charge in [0.1, 0.15) is 6.61 Å². The van der Waals surface area contributed by atoms with Crippen LogP contribution in [0.25, 0.3) is 5.70 Å². The lowest BCUT2D eigenvalue weighted by Gasteiger charge is -2.11. The average molecular weight is 445 g/mol. The summed E-state index contributed by atoms with van der Waals surface area (Å²) in [6.45, 7) is 10.8. The molecule has 2 aromatic rings. The largest absolute Gasteiger partial charge is 0.492 e. The van der Waals surface area contributed by atoms with E-state index >= 15 is 0 Å². The van der Waals surface area contributed by atoms with Crippen molar-refractivity contribution < 1.29 is 22.6 Å². The molecule has 0 aliphatic carbocycles. The fourth-order valence-electron chi connectivity index (χ4n) is 2.76. The van der Waals surface area contributed by atoms with E-state index in [4.69, 9.17) is 9.47 Å². The monoisotopic (exact) mass is 445 g/mol. The van der Waals surface area contributed by atoms with Crippen molar-refractivity contribution >= 4 is 11.6 Å². The zero-order valence-electron chi connectivity index (χ0n) is 18.5. The Hall–Kier alpha value is -3.55. The first-order valence-electron chi connectivity index (χ1n) is 9.67. The van der Waals surface area contributed by atoms with Crippen LogP contribution in [0, 0.1) is 6.92 Å². The highest BCUT2D eigenvalue weighted by atomic mass is 19.4. The van der Waals surface area contributed by atoms with Gasteiger partial charge in [0.2, 0.25) is 5.90 Å². The molecular formula is C24H26F3N3O2. The lowest BCUT2D eigenvalue weighted by atomic mass is 10.1. The van der Waals surface area contributed by atoms with Crippen LogP contribution in [-0.4, -0.2) is 29.0 Å². The van der Waals surface area contributed by atoms with Gasteiger partial charge in [0.15, 0.2) is 0 Å². The maximum atomic E-state index is 12.8. The number of halogens is 3. The van der Waals surface area contributed by atoms with Crippen molar-refractivity contribution in [3.63, 3.8) is 0 Å². The van der Waals surface area contributed by atoms with Crippen molar-refractivity contribution in [1.29, 1.82) is 0 Å². The van der Waals surface area contributed by atoms with Crippen LogP contribution >= 0.6 is 0 Å². The molecule has 0 bridgehead atoms. The molecule has 0 radical (unpaired) electrons. The van der Waals surface area contributed by atoms with E-state index in [2.05, 4.69) is 23.2 Å². The van der Waals surface area contributed by atoms with Crippen LogP contribution in [0.5, 0.6) is 0 Å². The molecule has 2 rings (SSSR count). The summed E-state index contributed by atoms with van der Waals surface area (Å²) in [6.07, 6.45) is 0.0253. The van der Waals surface area contributed by atoms with Crippen LogP contribution in [0.4, 0.5) is 13.2 Å². The molecule has 0 aliphatic rings. The predicted octanol–water partition coefficient (Wildman–Crippen LogP) is 5.89. The lowest BCUT2D eigenvalue weighted by Crippen LogP contribution is -2.10. The van der Waals surface area contributed by atoms with Crippen LogP contribution in [0.1, 0.15) is 29.3 Å². The molecule has 0 N–H and O–H groups in total. The highest BCUT2D eigenvalue weighted by Crippen LogP contribution is 2.26. The number of aryl methyl sites for hydroxylation is 2. The Morgan fingerprint density at radius 3 is 2.59 bits per heavy atom. The van der Waals surface area contributed by atoms with E-state index in [1.54, 1.807) is 24.9 Å². The van der Waals surface area contributed by atoms with Gasteiger partial charge in [0, 0.05) is 7.05 Å². The van der Waals surface area contributed by atoms with Crippen LogP contribution in [0.3, 0.4) is 0 Å². The van der Waals surface area contributed by atoms with E-state index in [9.17, 15) is 13.2 Å². The van der Waals surface area contributed by atoms with Crippen LogP contribution in [0.15, 0.2) is 78.2 Å². The zero-order valence-corrected chi connectivity index (χ0v) is 18.5. The number of hydrogen-bond acceptors (Lipinski definition) is 4. The molecule has 1 aromatic heterocycles.